The highest BCUT2D eigenvalue weighted by molar-refractivity contribution is 5.97. The number of rotatable bonds is 9. The first-order valence-electron chi connectivity index (χ1n) is 10.7. The van der Waals surface area contributed by atoms with Gasteiger partial charge in [-0.2, -0.15) is 0 Å². The smallest absolute Gasteiger partial charge is 0.256 e. The lowest BCUT2D eigenvalue weighted by atomic mass is 9.83. The number of amides is 1. The summed E-state index contributed by atoms with van der Waals surface area (Å²) < 4.78 is 17.1. The fourth-order valence-corrected chi connectivity index (χ4v) is 4.02. The fraction of sp³-hybridized carbons (Fsp3) is 0.682. The summed E-state index contributed by atoms with van der Waals surface area (Å²) in [6.07, 6.45) is 5.87. The summed E-state index contributed by atoms with van der Waals surface area (Å²) in [6.45, 7) is 7.93. The summed E-state index contributed by atoms with van der Waals surface area (Å²) in [5.41, 5.74) is 0.122. The van der Waals surface area contributed by atoms with Crippen LogP contribution in [-0.4, -0.2) is 62.5 Å². The van der Waals surface area contributed by atoms with Gasteiger partial charge in [-0.05, 0) is 50.5 Å². The van der Waals surface area contributed by atoms with Crippen molar-refractivity contribution >= 4 is 11.6 Å². The number of hydrogen-bond acceptors (Lipinski definition) is 5. The van der Waals surface area contributed by atoms with Crippen LogP contribution in [0.2, 0.25) is 0 Å². The van der Waals surface area contributed by atoms with Gasteiger partial charge in [0.1, 0.15) is 11.4 Å². The summed E-state index contributed by atoms with van der Waals surface area (Å²) in [5, 5.41) is 3.04. The van der Waals surface area contributed by atoms with Crippen molar-refractivity contribution in [3.63, 3.8) is 0 Å². The zero-order valence-corrected chi connectivity index (χ0v) is 17.1. The van der Waals surface area contributed by atoms with Crippen LogP contribution >= 0.6 is 0 Å². The van der Waals surface area contributed by atoms with Crippen molar-refractivity contribution in [2.24, 2.45) is 0 Å². The molecule has 0 unspecified atom stereocenters. The molecule has 3 rings (SSSR count). The molecular weight excluding hydrogens is 356 g/mol. The van der Waals surface area contributed by atoms with E-state index in [2.05, 4.69) is 10.2 Å². The molecule has 28 heavy (non-hydrogen) atoms. The number of anilines is 1. The molecule has 1 saturated heterocycles. The Labute approximate surface area is 168 Å². The van der Waals surface area contributed by atoms with E-state index < -0.39 is 5.60 Å². The van der Waals surface area contributed by atoms with Gasteiger partial charge < -0.3 is 19.5 Å². The average molecular weight is 391 g/mol. The quantitative estimate of drug-likeness (QED) is 0.654. The first-order valence-corrected chi connectivity index (χ1v) is 10.7. The number of nitrogens with one attached hydrogen (secondary N) is 1. The van der Waals surface area contributed by atoms with E-state index >= 15 is 0 Å². The normalized spacial score (nSPS) is 19.9. The maximum Gasteiger partial charge on any atom is 0.256 e. The number of carbonyl (C=O) groups excluding carboxylic acids is 1. The first-order chi connectivity index (χ1) is 13.7. The molecule has 156 valence electrons. The Hall–Kier alpha value is -1.63. The lowest BCUT2D eigenvalue weighted by molar-refractivity contribution is -0.145. The Kier molecular flexibility index (Phi) is 8.13. The molecule has 2 fully saturated rings. The third kappa shape index (κ3) is 5.93. The number of benzene rings is 1. The molecule has 1 aliphatic carbocycles. The molecule has 0 aromatic heterocycles. The van der Waals surface area contributed by atoms with Gasteiger partial charge in [0.15, 0.2) is 0 Å². The van der Waals surface area contributed by atoms with E-state index in [0.717, 1.165) is 76.4 Å². The molecule has 1 aliphatic heterocycles. The van der Waals surface area contributed by atoms with Gasteiger partial charge in [-0.15, -0.1) is 0 Å². The van der Waals surface area contributed by atoms with Gasteiger partial charge in [-0.3, -0.25) is 9.69 Å². The Morgan fingerprint density at radius 1 is 1.14 bits per heavy atom. The first kappa shape index (κ1) is 21.1. The molecule has 1 amide bonds. The zero-order chi connectivity index (χ0) is 19.7. The third-order valence-corrected chi connectivity index (χ3v) is 5.60. The Morgan fingerprint density at radius 3 is 2.54 bits per heavy atom. The van der Waals surface area contributed by atoms with Gasteiger partial charge in [-0.1, -0.05) is 19.3 Å². The van der Waals surface area contributed by atoms with Gasteiger partial charge in [0.05, 0.1) is 19.8 Å². The van der Waals surface area contributed by atoms with Crippen LogP contribution in [0.25, 0.3) is 0 Å². The van der Waals surface area contributed by atoms with Crippen molar-refractivity contribution < 1.29 is 19.0 Å². The van der Waals surface area contributed by atoms with Crippen LogP contribution in [0.3, 0.4) is 0 Å². The monoisotopic (exact) mass is 390 g/mol. The number of carbonyl (C=O) groups is 1. The summed E-state index contributed by atoms with van der Waals surface area (Å²) >= 11 is 0. The molecule has 1 heterocycles. The summed E-state index contributed by atoms with van der Waals surface area (Å²) in [5.74, 6) is 0.811. The van der Waals surface area contributed by atoms with Crippen LogP contribution in [0, 0.1) is 0 Å². The van der Waals surface area contributed by atoms with E-state index in [4.69, 9.17) is 14.2 Å². The highest BCUT2D eigenvalue weighted by Gasteiger charge is 2.40. The van der Waals surface area contributed by atoms with E-state index in [1.807, 2.05) is 31.2 Å². The predicted molar refractivity (Wildman–Crippen MR) is 110 cm³/mol. The van der Waals surface area contributed by atoms with Crippen LogP contribution in [0.5, 0.6) is 5.75 Å². The molecule has 1 saturated carbocycles. The Balaban J connectivity index is 1.43. The van der Waals surface area contributed by atoms with E-state index in [-0.39, 0.29) is 5.91 Å². The summed E-state index contributed by atoms with van der Waals surface area (Å²) in [6, 6.07) is 7.63. The standard InChI is InChI=1S/C22H34N2O4/c1-2-28-22(11-4-3-5-12-22)21(25)23-19-7-9-20(10-8-19)27-16-6-13-24-14-17-26-18-15-24/h7-10H,2-6,11-18H2,1H3,(H,23,25). The lowest BCUT2D eigenvalue weighted by Gasteiger charge is -2.35. The molecule has 0 atom stereocenters. The van der Waals surface area contributed by atoms with E-state index in [0.29, 0.717) is 13.2 Å². The second-order valence-electron chi connectivity index (χ2n) is 7.62. The third-order valence-electron chi connectivity index (χ3n) is 5.60. The molecule has 6 heteroatoms. The fourth-order valence-electron chi connectivity index (χ4n) is 4.02. The minimum absolute atomic E-state index is 0.0202. The van der Waals surface area contributed by atoms with Crippen molar-refractivity contribution in [1.82, 2.24) is 4.90 Å². The van der Waals surface area contributed by atoms with Crippen molar-refractivity contribution in [3.05, 3.63) is 24.3 Å². The van der Waals surface area contributed by atoms with Crippen LogP contribution in [0.15, 0.2) is 24.3 Å². The van der Waals surface area contributed by atoms with Crippen LogP contribution < -0.4 is 10.1 Å². The Morgan fingerprint density at radius 2 is 1.86 bits per heavy atom. The maximum atomic E-state index is 12.8. The van der Waals surface area contributed by atoms with Crippen molar-refractivity contribution in [1.29, 1.82) is 0 Å². The van der Waals surface area contributed by atoms with Crippen LogP contribution in [0.1, 0.15) is 45.4 Å². The molecule has 0 bridgehead atoms. The molecule has 1 aromatic rings. The number of nitrogens with zero attached hydrogens (tertiary/aromatic N) is 1. The lowest BCUT2D eigenvalue weighted by Crippen LogP contribution is -2.47. The van der Waals surface area contributed by atoms with Gasteiger partial charge >= 0.3 is 0 Å². The molecule has 0 spiro atoms. The zero-order valence-electron chi connectivity index (χ0n) is 17.1. The maximum absolute atomic E-state index is 12.8. The van der Waals surface area contributed by atoms with Gasteiger partial charge in [0, 0.05) is 31.9 Å². The minimum Gasteiger partial charge on any atom is -0.494 e. The average Bonchev–Trinajstić information content (AvgIpc) is 2.74. The molecular formula is C22H34N2O4. The molecule has 6 nitrogen and oxygen atoms in total. The molecule has 2 aliphatic rings. The van der Waals surface area contributed by atoms with E-state index in [9.17, 15) is 4.79 Å². The number of ether oxygens (including phenoxy) is 3. The topological polar surface area (TPSA) is 60.0 Å². The largest absolute Gasteiger partial charge is 0.494 e. The predicted octanol–water partition coefficient (Wildman–Crippen LogP) is 3.47. The highest BCUT2D eigenvalue weighted by atomic mass is 16.5. The molecule has 1 aromatic carbocycles. The number of morpholine rings is 1. The van der Waals surface area contributed by atoms with Crippen molar-refractivity contribution in [2.45, 2.75) is 51.0 Å². The van der Waals surface area contributed by atoms with Crippen molar-refractivity contribution in [3.8, 4) is 5.75 Å². The van der Waals surface area contributed by atoms with Crippen molar-refractivity contribution in [2.75, 3.05) is 51.4 Å². The molecule has 0 radical (unpaired) electrons. The van der Waals surface area contributed by atoms with E-state index in [1.54, 1.807) is 0 Å². The van der Waals surface area contributed by atoms with E-state index in [1.165, 1.54) is 6.42 Å². The van der Waals surface area contributed by atoms with Gasteiger partial charge in [0.25, 0.3) is 5.91 Å². The summed E-state index contributed by atoms with van der Waals surface area (Å²) in [7, 11) is 0. The SMILES string of the molecule is CCOC1(C(=O)Nc2ccc(OCCCN3CCOCC3)cc2)CCCCC1. The second-order valence-corrected chi connectivity index (χ2v) is 7.62. The van der Waals surface area contributed by atoms with Crippen LogP contribution in [-0.2, 0) is 14.3 Å². The Bertz CT molecular complexity index is 588. The van der Waals surface area contributed by atoms with Gasteiger partial charge in [0.2, 0.25) is 0 Å². The number of hydrogen-bond donors (Lipinski definition) is 1. The van der Waals surface area contributed by atoms with Crippen LogP contribution in [0.4, 0.5) is 5.69 Å². The molecule has 1 N–H and O–H groups in total. The summed E-state index contributed by atoms with van der Waals surface area (Å²) in [4.78, 5) is 15.3. The van der Waals surface area contributed by atoms with Gasteiger partial charge in [-0.25, -0.2) is 0 Å². The minimum atomic E-state index is -0.665. The second kappa shape index (κ2) is 10.8. The highest BCUT2D eigenvalue weighted by Crippen LogP contribution is 2.33.